The quantitative estimate of drug-likeness (QED) is 0.468. The summed E-state index contributed by atoms with van der Waals surface area (Å²) in [6.45, 7) is 3.43. The van der Waals surface area contributed by atoms with Crippen molar-refractivity contribution in [2.24, 2.45) is 0 Å². The molecule has 0 N–H and O–H groups in total. The van der Waals surface area contributed by atoms with Crippen LogP contribution in [0.4, 0.5) is 0 Å². The SMILES string of the molecule is C=CC(Cl)(Cl)/C=C/CCl. The van der Waals surface area contributed by atoms with Gasteiger partial charge in [-0.25, -0.2) is 0 Å². The van der Waals surface area contributed by atoms with E-state index in [1.54, 1.807) is 12.2 Å². The smallest absolute Gasteiger partial charge is 0.122 e. The molecule has 0 bridgehead atoms. The maximum atomic E-state index is 5.60. The van der Waals surface area contributed by atoms with Crippen LogP contribution in [-0.4, -0.2) is 10.2 Å². The fourth-order valence-corrected chi connectivity index (χ4v) is 0.537. The Morgan fingerprint density at radius 3 is 2.33 bits per heavy atom. The molecule has 0 spiro atoms. The Hall–Kier alpha value is 0.350. The average molecular weight is 185 g/mol. The lowest BCUT2D eigenvalue weighted by molar-refractivity contribution is 1.27. The highest BCUT2D eigenvalue weighted by atomic mass is 35.5. The van der Waals surface area contributed by atoms with Crippen LogP contribution in [0, 0.1) is 0 Å². The summed E-state index contributed by atoms with van der Waals surface area (Å²) in [4.78, 5) is 0. The molecule has 0 aliphatic rings. The Morgan fingerprint density at radius 1 is 1.44 bits per heavy atom. The van der Waals surface area contributed by atoms with Gasteiger partial charge in [0.2, 0.25) is 0 Å². The minimum atomic E-state index is -0.963. The molecule has 0 atom stereocenters. The summed E-state index contributed by atoms with van der Waals surface area (Å²) in [6, 6.07) is 0. The molecule has 9 heavy (non-hydrogen) atoms. The number of alkyl halides is 3. The summed E-state index contributed by atoms with van der Waals surface area (Å²) >= 11 is 16.5. The first-order valence-corrected chi connectivity index (χ1v) is 3.66. The molecular formula is C6H7Cl3. The largest absolute Gasteiger partial charge is 0.154 e. The first kappa shape index (κ1) is 9.35. The van der Waals surface area contributed by atoms with E-state index in [1.807, 2.05) is 0 Å². The van der Waals surface area contributed by atoms with E-state index in [0.717, 1.165) is 0 Å². The van der Waals surface area contributed by atoms with Crippen LogP contribution in [0.25, 0.3) is 0 Å². The zero-order chi connectivity index (χ0) is 7.33. The minimum Gasteiger partial charge on any atom is -0.122 e. The fraction of sp³-hybridized carbons (Fsp3) is 0.333. The van der Waals surface area contributed by atoms with Crippen molar-refractivity contribution in [3.05, 3.63) is 24.8 Å². The Labute approximate surface area is 70.1 Å². The monoisotopic (exact) mass is 184 g/mol. The van der Waals surface area contributed by atoms with Gasteiger partial charge in [-0.2, -0.15) is 0 Å². The molecule has 0 aromatic heterocycles. The van der Waals surface area contributed by atoms with Gasteiger partial charge < -0.3 is 0 Å². The van der Waals surface area contributed by atoms with Gasteiger partial charge in [-0.3, -0.25) is 0 Å². The second-order valence-corrected chi connectivity index (χ2v) is 3.19. The molecule has 0 fully saturated rings. The summed E-state index contributed by atoms with van der Waals surface area (Å²) in [7, 11) is 0. The van der Waals surface area contributed by atoms with Gasteiger partial charge in [0, 0.05) is 5.88 Å². The van der Waals surface area contributed by atoms with Crippen molar-refractivity contribution >= 4 is 34.8 Å². The third-order valence-electron chi connectivity index (χ3n) is 0.701. The van der Waals surface area contributed by atoms with Crippen molar-refractivity contribution in [3.63, 3.8) is 0 Å². The molecule has 0 aliphatic heterocycles. The second-order valence-electron chi connectivity index (χ2n) is 1.44. The van der Waals surface area contributed by atoms with E-state index in [2.05, 4.69) is 6.58 Å². The van der Waals surface area contributed by atoms with Crippen LogP contribution in [0.1, 0.15) is 0 Å². The number of hydrogen-bond donors (Lipinski definition) is 0. The fourth-order valence-electron chi connectivity index (χ4n) is 0.270. The van der Waals surface area contributed by atoms with Crippen LogP contribution in [-0.2, 0) is 0 Å². The average Bonchev–Trinajstić information content (AvgIpc) is 1.84. The molecular weight excluding hydrogens is 178 g/mol. The molecule has 0 saturated heterocycles. The molecule has 0 aliphatic carbocycles. The van der Waals surface area contributed by atoms with Gasteiger partial charge in [-0.15, -0.1) is 11.6 Å². The lowest BCUT2D eigenvalue weighted by atomic mass is 10.4. The highest BCUT2D eigenvalue weighted by Gasteiger charge is 2.12. The standard InChI is InChI=1S/C6H7Cl3/c1-2-6(8,9)4-3-5-7/h2-4H,1,5H2/b4-3+. The number of rotatable bonds is 3. The lowest BCUT2D eigenvalue weighted by Gasteiger charge is -2.05. The topological polar surface area (TPSA) is 0 Å². The van der Waals surface area contributed by atoms with Crippen molar-refractivity contribution in [2.45, 2.75) is 4.33 Å². The Balaban J connectivity index is 3.84. The van der Waals surface area contributed by atoms with E-state index in [-0.39, 0.29) is 0 Å². The van der Waals surface area contributed by atoms with Crippen LogP contribution >= 0.6 is 34.8 Å². The third kappa shape index (κ3) is 4.83. The third-order valence-corrected chi connectivity index (χ3v) is 1.44. The molecule has 0 heterocycles. The molecule has 0 aromatic carbocycles. The number of allylic oxidation sites excluding steroid dienone is 3. The first-order valence-electron chi connectivity index (χ1n) is 2.37. The van der Waals surface area contributed by atoms with Crippen LogP contribution in [0.15, 0.2) is 24.8 Å². The van der Waals surface area contributed by atoms with Crippen molar-refractivity contribution in [2.75, 3.05) is 5.88 Å². The van der Waals surface area contributed by atoms with Crippen LogP contribution in [0.3, 0.4) is 0 Å². The molecule has 3 heteroatoms. The van der Waals surface area contributed by atoms with E-state index in [0.29, 0.717) is 5.88 Å². The van der Waals surface area contributed by atoms with Gasteiger partial charge in [0.25, 0.3) is 0 Å². The Bertz CT molecular complexity index is 115. The molecule has 0 saturated carbocycles. The number of halogens is 3. The molecule has 0 radical (unpaired) electrons. The van der Waals surface area contributed by atoms with Gasteiger partial charge in [-0.05, 0) is 6.08 Å². The van der Waals surface area contributed by atoms with Crippen molar-refractivity contribution in [1.29, 1.82) is 0 Å². The maximum Gasteiger partial charge on any atom is 0.154 e. The minimum absolute atomic E-state index is 0.412. The molecule has 52 valence electrons. The predicted octanol–water partition coefficient (Wildman–Crippen LogP) is 3.14. The highest BCUT2D eigenvalue weighted by molar-refractivity contribution is 6.51. The van der Waals surface area contributed by atoms with Crippen molar-refractivity contribution < 1.29 is 0 Å². The summed E-state index contributed by atoms with van der Waals surface area (Å²) in [5.41, 5.74) is 0. The highest BCUT2D eigenvalue weighted by Crippen LogP contribution is 2.23. The molecule has 0 amide bonds. The summed E-state index contributed by atoms with van der Waals surface area (Å²) in [5, 5.41) is 0. The predicted molar refractivity (Wildman–Crippen MR) is 44.5 cm³/mol. The summed E-state index contributed by atoms with van der Waals surface area (Å²) in [5.74, 6) is 0.412. The van der Waals surface area contributed by atoms with Crippen molar-refractivity contribution in [3.8, 4) is 0 Å². The van der Waals surface area contributed by atoms with E-state index >= 15 is 0 Å². The van der Waals surface area contributed by atoms with Crippen LogP contribution in [0.5, 0.6) is 0 Å². The van der Waals surface area contributed by atoms with E-state index in [4.69, 9.17) is 34.8 Å². The van der Waals surface area contributed by atoms with Crippen LogP contribution < -0.4 is 0 Å². The van der Waals surface area contributed by atoms with Crippen LogP contribution in [0.2, 0.25) is 0 Å². The summed E-state index contributed by atoms with van der Waals surface area (Å²) < 4.78 is -0.963. The normalized spacial score (nSPS) is 12.3. The Kier molecular flexibility index (Phi) is 4.37. The van der Waals surface area contributed by atoms with Gasteiger partial charge in [0.1, 0.15) is 0 Å². The summed E-state index contributed by atoms with van der Waals surface area (Å²) in [6.07, 6.45) is 4.68. The van der Waals surface area contributed by atoms with E-state index < -0.39 is 4.33 Å². The molecule has 0 rings (SSSR count). The van der Waals surface area contributed by atoms with Crippen molar-refractivity contribution in [1.82, 2.24) is 0 Å². The zero-order valence-electron chi connectivity index (χ0n) is 4.78. The molecule has 0 nitrogen and oxygen atoms in total. The Morgan fingerprint density at radius 2 is 2.00 bits per heavy atom. The number of hydrogen-bond acceptors (Lipinski definition) is 0. The first-order chi connectivity index (χ1) is 4.12. The lowest BCUT2D eigenvalue weighted by Crippen LogP contribution is -2.01. The van der Waals surface area contributed by atoms with Gasteiger partial charge in [0.15, 0.2) is 4.33 Å². The van der Waals surface area contributed by atoms with E-state index in [1.165, 1.54) is 6.08 Å². The molecule has 0 unspecified atom stereocenters. The van der Waals surface area contributed by atoms with Gasteiger partial charge in [-0.1, -0.05) is 41.9 Å². The van der Waals surface area contributed by atoms with Gasteiger partial charge >= 0.3 is 0 Å². The zero-order valence-corrected chi connectivity index (χ0v) is 7.05. The molecule has 0 aromatic rings. The second kappa shape index (κ2) is 4.21. The van der Waals surface area contributed by atoms with E-state index in [9.17, 15) is 0 Å². The van der Waals surface area contributed by atoms with Gasteiger partial charge in [0.05, 0.1) is 0 Å². The maximum absolute atomic E-state index is 5.60.